The summed E-state index contributed by atoms with van der Waals surface area (Å²) in [5.74, 6) is 0.660. The number of urea groups is 1. The summed E-state index contributed by atoms with van der Waals surface area (Å²) < 4.78 is 5.83. The maximum Gasteiger partial charge on any atom is 0.317 e. The van der Waals surface area contributed by atoms with Crippen LogP contribution in [-0.4, -0.2) is 42.3 Å². The molecule has 1 saturated heterocycles. The number of amides is 2. The number of carbonyl (C=O) groups excluding carboxylic acids is 1. The van der Waals surface area contributed by atoms with Crippen LogP contribution in [0.2, 0.25) is 0 Å². The van der Waals surface area contributed by atoms with E-state index in [2.05, 4.69) is 26.1 Å². The first kappa shape index (κ1) is 15.6. The van der Waals surface area contributed by atoms with E-state index in [4.69, 9.17) is 4.74 Å². The number of morpholine rings is 1. The predicted molar refractivity (Wildman–Crippen MR) is 80.8 cm³/mol. The van der Waals surface area contributed by atoms with Crippen molar-refractivity contribution in [3.8, 4) is 0 Å². The summed E-state index contributed by atoms with van der Waals surface area (Å²) in [6.07, 6.45) is 7.44. The first-order valence-corrected chi connectivity index (χ1v) is 8.34. The van der Waals surface area contributed by atoms with Gasteiger partial charge in [0.05, 0.1) is 12.2 Å². The highest BCUT2D eigenvalue weighted by Gasteiger charge is 2.30. The van der Waals surface area contributed by atoms with Crippen LogP contribution in [0.25, 0.3) is 0 Å². The van der Waals surface area contributed by atoms with E-state index in [1.54, 1.807) is 0 Å². The third-order valence-electron chi connectivity index (χ3n) is 4.81. The van der Waals surface area contributed by atoms with E-state index in [1.165, 1.54) is 25.7 Å². The van der Waals surface area contributed by atoms with Gasteiger partial charge in [0.25, 0.3) is 0 Å². The molecule has 4 atom stereocenters. The molecular weight excluding hydrogens is 252 g/mol. The van der Waals surface area contributed by atoms with Gasteiger partial charge in [0, 0.05) is 19.1 Å². The molecule has 0 unspecified atom stereocenters. The normalized spacial score (nSPS) is 34.9. The molecule has 0 bridgehead atoms. The van der Waals surface area contributed by atoms with Crippen LogP contribution in [0.15, 0.2) is 0 Å². The second-order valence-corrected chi connectivity index (χ2v) is 6.39. The van der Waals surface area contributed by atoms with Crippen molar-refractivity contribution >= 4 is 6.03 Å². The van der Waals surface area contributed by atoms with Gasteiger partial charge in [-0.2, -0.15) is 0 Å². The van der Waals surface area contributed by atoms with Crippen molar-refractivity contribution in [3.05, 3.63) is 0 Å². The first-order valence-electron chi connectivity index (χ1n) is 8.34. The van der Waals surface area contributed by atoms with Crippen LogP contribution in [0.5, 0.6) is 0 Å². The number of ether oxygens (including phenoxy) is 1. The first-order chi connectivity index (χ1) is 9.63. The van der Waals surface area contributed by atoms with Crippen LogP contribution in [0.1, 0.15) is 59.3 Å². The fourth-order valence-electron chi connectivity index (χ4n) is 3.57. The zero-order valence-electron chi connectivity index (χ0n) is 13.2. The average molecular weight is 282 g/mol. The second kappa shape index (κ2) is 7.30. The molecule has 2 fully saturated rings. The summed E-state index contributed by atoms with van der Waals surface area (Å²) in [6.45, 7) is 7.85. The van der Waals surface area contributed by atoms with Crippen molar-refractivity contribution in [1.29, 1.82) is 0 Å². The molecule has 0 aromatic rings. The van der Waals surface area contributed by atoms with Gasteiger partial charge in [0.15, 0.2) is 0 Å². The molecule has 116 valence electrons. The van der Waals surface area contributed by atoms with Crippen molar-refractivity contribution < 1.29 is 9.53 Å². The molecule has 1 N–H and O–H groups in total. The Morgan fingerprint density at radius 3 is 2.65 bits per heavy atom. The van der Waals surface area contributed by atoms with Crippen molar-refractivity contribution in [1.82, 2.24) is 10.2 Å². The third kappa shape index (κ3) is 3.87. The molecule has 0 radical (unpaired) electrons. The molecule has 0 aromatic carbocycles. The van der Waals surface area contributed by atoms with Gasteiger partial charge in [-0.05, 0) is 32.1 Å². The molecule has 1 aliphatic carbocycles. The summed E-state index contributed by atoms with van der Waals surface area (Å²) in [5.41, 5.74) is 0. The Kier molecular flexibility index (Phi) is 5.70. The molecule has 4 heteroatoms. The van der Waals surface area contributed by atoms with Crippen LogP contribution in [0.4, 0.5) is 4.79 Å². The monoisotopic (exact) mass is 282 g/mol. The molecule has 2 aliphatic rings. The van der Waals surface area contributed by atoms with Gasteiger partial charge in [-0.3, -0.25) is 0 Å². The lowest BCUT2D eigenvalue weighted by Crippen LogP contribution is -2.55. The Labute approximate surface area is 123 Å². The lowest BCUT2D eigenvalue weighted by atomic mass is 9.83. The molecule has 0 spiro atoms. The van der Waals surface area contributed by atoms with Gasteiger partial charge in [0.1, 0.15) is 0 Å². The van der Waals surface area contributed by atoms with E-state index in [1.807, 2.05) is 4.90 Å². The van der Waals surface area contributed by atoms with Gasteiger partial charge in [-0.25, -0.2) is 4.79 Å². The van der Waals surface area contributed by atoms with Gasteiger partial charge in [-0.15, -0.1) is 0 Å². The minimum absolute atomic E-state index is 0.115. The van der Waals surface area contributed by atoms with E-state index in [0.717, 1.165) is 19.4 Å². The lowest BCUT2D eigenvalue weighted by molar-refractivity contribution is -0.0650. The summed E-state index contributed by atoms with van der Waals surface area (Å²) in [7, 11) is 0. The maximum atomic E-state index is 12.5. The standard InChI is InChI=1S/C16H30N2O2/c1-4-13-8-6-7-9-15(13)17-16(19)18-10-12(3)20-14(5-2)11-18/h12-15H,4-11H2,1-3H3,(H,17,19)/t12-,13-,14+,15+/m0/s1. The van der Waals surface area contributed by atoms with Crippen molar-refractivity contribution in [2.24, 2.45) is 5.92 Å². The van der Waals surface area contributed by atoms with Gasteiger partial charge in [-0.1, -0.05) is 33.1 Å². The Balaban J connectivity index is 1.89. The highest BCUT2D eigenvalue weighted by molar-refractivity contribution is 5.74. The van der Waals surface area contributed by atoms with Gasteiger partial charge < -0.3 is 15.0 Å². The Bertz CT molecular complexity index is 322. The van der Waals surface area contributed by atoms with E-state index < -0.39 is 0 Å². The second-order valence-electron chi connectivity index (χ2n) is 6.39. The molecular formula is C16H30N2O2. The zero-order chi connectivity index (χ0) is 14.5. The molecule has 20 heavy (non-hydrogen) atoms. The van der Waals surface area contributed by atoms with Gasteiger partial charge in [0.2, 0.25) is 0 Å². The zero-order valence-corrected chi connectivity index (χ0v) is 13.2. The quantitative estimate of drug-likeness (QED) is 0.864. The Morgan fingerprint density at radius 2 is 1.95 bits per heavy atom. The molecule has 1 aliphatic heterocycles. The van der Waals surface area contributed by atoms with Crippen LogP contribution in [0, 0.1) is 5.92 Å². The Morgan fingerprint density at radius 1 is 1.20 bits per heavy atom. The van der Waals surface area contributed by atoms with Crippen molar-refractivity contribution in [3.63, 3.8) is 0 Å². The van der Waals surface area contributed by atoms with Crippen LogP contribution >= 0.6 is 0 Å². The smallest absolute Gasteiger partial charge is 0.317 e. The van der Waals surface area contributed by atoms with Crippen LogP contribution in [-0.2, 0) is 4.74 Å². The highest BCUT2D eigenvalue weighted by atomic mass is 16.5. The number of carbonyl (C=O) groups is 1. The SMILES string of the molecule is CC[C@@H]1CN(C(=O)N[C@@H]2CCCC[C@@H]2CC)C[C@H](C)O1. The molecule has 1 saturated carbocycles. The summed E-state index contributed by atoms with van der Waals surface area (Å²) in [5, 5.41) is 3.29. The van der Waals surface area contributed by atoms with Crippen molar-refractivity contribution in [2.75, 3.05) is 13.1 Å². The molecule has 1 heterocycles. The maximum absolute atomic E-state index is 12.5. The van der Waals surface area contributed by atoms with E-state index in [0.29, 0.717) is 18.5 Å². The predicted octanol–water partition coefficient (Wildman–Crippen LogP) is 3.16. The summed E-state index contributed by atoms with van der Waals surface area (Å²) >= 11 is 0. The molecule has 4 nitrogen and oxygen atoms in total. The number of nitrogens with zero attached hydrogens (tertiary/aromatic N) is 1. The number of hydrogen-bond acceptors (Lipinski definition) is 2. The van der Waals surface area contributed by atoms with Crippen LogP contribution < -0.4 is 5.32 Å². The van der Waals surface area contributed by atoms with E-state index in [9.17, 15) is 4.79 Å². The number of nitrogens with one attached hydrogen (secondary N) is 1. The third-order valence-corrected chi connectivity index (χ3v) is 4.81. The van der Waals surface area contributed by atoms with E-state index >= 15 is 0 Å². The summed E-state index contributed by atoms with van der Waals surface area (Å²) in [6, 6.07) is 0.489. The fraction of sp³-hybridized carbons (Fsp3) is 0.938. The number of hydrogen-bond donors (Lipinski definition) is 1. The van der Waals surface area contributed by atoms with Gasteiger partial charge >= 0.3 is 6.03 Å². The lowest BCUT2D eigenvalue weighted by Gasteiger charge is -2.39. The minimum Gasteiger partial charge on any atom is -0.372 e. The highest BCUT2D eigenvalue weighted by Crippen LogP contribution is 2.27. The number of rotatable bonds is 3. The summed E-state index contributed by atoms with van der Waals surface area (Å²) in [4.78, 5) is 14.4. The van der Waals surface area contributed by atoms with Crippen molar-refractivity contribution in [2.45, 2.75) is 77.5 Å². The molecule has 2 rings (SSSR count). The van der Waals surface area contributed by atoms with Crippen LogP contribution in [0.3, 0.4) is 0 Å². The topological polar surface area (TPSA) is 41.6 Å². The largest absolute Gasteiger partial charge is 0.372 e. The fourth-order valence-corrected chi connectivity index (χ4v) is 3.57. The average Bonchev–Trinajstić information content (AvgIpc) is 2.47. The van der Waals surface area contributed by atoms with E-state index in [-0.39, 0.29) is 18.2 Å². The minimum atomic E-state index is 0.115. The molecule has 0 aromatic heterocycles. The molecule has 2 amide bonds. The Hall–Kier alpha value is -0.770.